The van der Waals surface area contributed by atoms with Gasteiger partial charge >= 0.3 is 5.69 Å². The molecule has 0 spiro atoms. The van der Waals surface area contributed by atoms with Gasteiger partial charge in [0.05, 0.1) is 22.6 Å². The summed E-state index contributed by atoms with van der Waals surface area (Å²) in [6.07, 6.45) is 3.80. The van der Waals surface area contributed by atoms with Crippen LogP contribution in [0.4, 0.5) is 10.1 Å². The van der Waals surface area contributed by atoms with Crippen molar-refractivity contribution in [1.29, 1.82) is 0 Å². The molecule has 1 aromatic carbocycles. The molecule has 3 aliphatic rings. The van der Waals surface area contributed by atoms with Crippen LogP contribution in [0, 0.1) is 11.2 Å². The minimum atomic E-state index is -0.576. The van der Waals surface area contributed by atoms with Gasteiger partial charge in [-0.15, -0.1) is 11.8 Å². The van der Waals surface area contributed by atoms with Crippen molar-refractivity contribution in [1.82, 2.24) is 24.3 Å². The third-order valence-corrected chi connectivity index (χ3v) is 10.5. The van der Waals surface area contributed by atoms with E-state index in [1.54, 1.807) is 27.8 Å². The first-order valence-corrected chi connectivity index (χ1v) is 16.4. The number of nitrogens with zero attached hydrogens (tertiary/aromatic N) is 5. The second-order valence-corrected chi connectivity index (χ2v) is 14.7. The number of likely N-dealkylation sites (tertiary alicyclic amines) is 1. The van der Waals surface area contributed by atoms with Gasteiger partial charge in [-0.3, -0.25) is 19.1 Å². The summed E-state index contributed by atoms with van der Waals surface area (Å²) in [4.78, 5) is 52.7. The number of aromatic nitrogens is 3. The Morgan fingerprint density at radius 3 is 2.61 bits per heavy atom. The number of aliphatic hydroxyl groups is 1. The molecule has 0 saturated carbocycles. The highest BCUT2D eigenvalue weighted by Crippen LogP contribution is 2.48. The molecule has 3 atom stereocenters. The lowest BCUT2D eigenvalue weighted by atomic mass is 9.92. The Labute approximate surface area is 265 Å². The van der Waals surface area contributed by atoms with E-state index in [-0.39, 0.29) is 45.5 Å². The number of hydrogen-bond donors (Lipinski definition) is 2. The summed E-state index contributed by atoms with van der Waals surface area (Å²) in [6, 6.07) is 8.61. The van der Waals surface area contributed by atoms with Gasteiger partial charge in [-0.2, -0.15) is 0 Å². The average molecular weight is 631 g/mol. The summed E-state index contributed by atoms with van der Waals surface area (Å²) in [5.74, 6) is -0.546. The van der Waals surface area contributed by atoms with E-state index in [0.717, 1.165) is 11.9 Å². The molecule has 12 heteroatoms. The van der Waals surface area contributed by atoms with E-state index in [0.29, 0.717) is 68.9 Å². The van der Waals surface area contributed by atoms with Gasteiger partial charge in [-0.05, 0) is 49.3 Å². The molecule has 10 nitrogen and oxygen atoms in total. The van der Waals surface area contributed by atoms with Crippen LogP contribution >= 0.6 is 11.8 Å². The van der Waals surface area contributed by atoms with Crippen LogP contribution in [0.1, 0.15) is 74.1 Å². The first-order chi connectivity index (χ1) is 21.0. The van der Waals surface area contributed by atoms with Crippen molar-refractivity contribution in [2.24, 2.45) is 5.41 Å². The summed E-state index contributed by atoms with van der Waals surface area (Å²) in [7, 11) is 0. The molecule has 3 aliphatic heterocycles. The van der Waals surface area contributed by atoms with Crippen molar-refractivity contribution >= 4 is 40.4 Å². The summed E-state index contributed by atoms with van der Waals surface area (Å²) in [6.45, 7) is 8.76. The fourth-order valence-corrected chi connectivity index (χ4v) is 8.13. The number of imidazole rings is 1. The van der Waals surface area contributed by atoms with Gasteiger partial charge < -0.3 is 19.8 Å². The number of fused-ring (bicyclic) bond motifs is 1. The number of nitrogens with one attached hydrogen (secondary N) is 1. The largest absolute Gasteiger partial charge is 0.391 e. The minimum Gasteiger partial charge on any atom is -0.391 e. The van der Waals surface area contributed by atoms with Gasteiger partial charge in [-0.25, -0.2) is 14.2 Å². The Morgan fingerprint density at radius 2 is 1.91 bits per heavy atom. The van der Waals surface area contributed by atoms with Crippen molar-refractivity contribution in [3.63, 3.8) is 0 Å². The molecular weight excluding hydrogens is 583 g/mol. The molecule has 2 N–H and O–H groups in total. The van der Waals surface area contributed by atoms with Crippen LogP contribution < -0.4 is 10.6 Å². The van der Waals surface area contributed by atoms with Gasteiger partial charge in [0, 0.05) is 61.2 Å². The topological polar surface area (TPSA) is 115 Å². The molecule has 2 unspecified atom stereocenters. The highest BCUT2D eigenvalue weighted by Gasteiger charge is 2.44. The number of aromatic amines is 1. The molecule has 0 bridgehead atoms. The zero-order valence-corrected chi connectivity index (χ0v) is 26.4. The molecule has 44 heavy (non-hydrogen) atoms. The first-order valence-electron chi connectivity index (χ1n) is 15.5. The van der Waals surface area contributed by atoms with Gasteiger partial charge in [0.25, 0.3) is 0 Å². The number of β-amino-alcohol motifs (C(OH)–C–C–N with tert-alkyl or cyclic N) is 1. The molecule has 6 rings (SSSR count). The number of piperidine rings is 1. The lowest BCUT2D eigenvalue weighted by molar-refractivity contribution is -0.136. The zero-order chi connectivity index (χ0) is 31.2. The Hall–Kier alpha value is -3.38. The minimum absolute atomic E-state index is 0. The molecule has 3 aromatic rings. The van der Waals surface area contributed by atoms with E-state index in [1.807, 2.05) is 21.9 Å². The maximum absolute atomic E-state index is 15.4. The van der Waals surface area contributed by atoms with Crippen molar-refractivity contribution in [2.75, 3.05) is 37.6 Å². The number of para-hydroxylation sites is 1. The summed E-state index contributed by atoms with van der Waals surface area (Å²) < 4.78 is 17.1. The summed E-state index contributed by atoms with van der Waals surface area (Å²) >= 11 is 1.42. The lowest BCUT2D eigenvalue weighted by Gasteiger charge is -2.33. The van der Waals surface area contributed by atoms with Crippen LogP contribution in [-0.4, -0.2) is 85.3 Å². The van der Waals surface area contributed by atoms with Gasteiger partial charge in [0.15, 0.2) is 5.65 Å². The quantitative estimate of drug-likeness (QED) is 0.385. The van der Waals surface area contributed by atoms with Gasteiger partial charge in [0.1, 0.15) is 11.2 Å². The Balaban J connectivity index is 0.00000200. The van der Waals surface area contributed by atoms with Crippen LogP contribution in [0.15, 0.2) is 41.3 Å². The van der Waals surface area contributed by atoms with E-state index in [1.165, 1.54) is 17.8 Å². The Kier molecular flexibility index (Phi) is 8.49. The first kappa shape index (κ1) is 30.6. The molecule has 2 amide bonds. The predicted octanol–water partition coefficient (Wildman–Crippen LogP) is 4.81. The van der Waals surface area contributed by atoms with Crippen LogP contribution in [0.3, 0.4) is 0 Å². The highest BCUT2D eigenvalue weighted by molar-refractivity contribution is 8.01. The number of benzene rings is 1. The number of amides is 2. The van der Waals surface area contributed by atoms with E-state index < -0.39 is 16.7 Å². The monoisotopic (exact) mass is 630 g/mol. The number of carbonyl (C=O) groups excluding carboxylic acids is 2. The Bertz CT molecular complexity index is 1610. The lowest BCUT2D eigenvalue weighted by Crippen LogP contribution is -2.42. The van der Waals surface area contributed by atoms with Crippen molar-refractivity contribution in [2.45, 2.75) is 75.6 Å². The number of H-pyrrole nitrogens is 1. The summed E-state index contributed by atoms with van der Waals surface area (Å²) in [5, 5.41) is 9.17. The fraction of sp³-hybridized carbons (Fsp3) is 0.562. The number of hydrogen-bond acceptors (Lipinski definition) is 7. The Morgan fingerprint density at radius 1 is 1.14 bits per heavy atom. The smallest absolute Gasteiger partial charge is 0.327 e. The molecular formula is C32H47FN6O4S. The summed E-state index contributed by atoms with van der Waals surface area (Å²) in [5.41, 5.74) is 2.25. The highest BCUT2D eigenvalue weighted by atomic mass is 32.2. The number of pyridine rings is 1. The maximum Gasteiger partial charge on any atom is 0.327 e. The molecule has 5 heterocycles. The van der Waals surface area contributed by atoms with Crippen LogP contribution in [0.25, 0.3) is 11.2 Å². The van der Waals surface area contributed by atoms with Crippen LogP contribution in [0.2, 0.25) is 0 Å². The number of carbonyl (C=O) groups is 2. The molecule has 0 aliphatic carbocycles. The average Bonchev–Trinajstić information content (AvgIpc) is 3.65. The van der Waals surface area contributed by atoms with Crippen LogP contribution in [0.5, 0.6) is 0 Å². The molecule has 2 aromatic heterocycles. The van der Waals surface area contributed by atoms with Crippen molar-refractivity contribution in [3.05, 3.63) is 58.4 Å². The number of aliphatic hydroxyl groups excluding tert-OH is 1. The predicted molar refractivity (Wildman–Crippen MR) is 175 cm³/mol. The zero-order valence-electron chi connectivity index (χ0n) is 25.5. The standard InChI is InChI=1S/C32H41FN6O4S.3H2/c1-32(2,3)12-17-38-29(42)25(44-30(38)22-6-4-7-23(33)27(22)37-16-11-21(40)19-37)18-26(41)36-14-9-20(10-15-36)39-24-8-5-13-34-28(24)35-31(39)43;;;/h4-8,13,20-21,25,30,40H,9-12,14-19H2,1-3H3,(H,34,35,43);3*1H/t21?,25-,30?;;;/m0.../s1. The van der Waals surface area contributed by atoms with Crippen molar-refractivity contribution in [3.8, 4) is 0 Å². The normalized spacial score (nSPS) is 23.3. The number of halogens is 1. The molecule has 3 fully saturated rings. The van der Waals surface area contributed by atoms with Crippen molar-refractivity contribution < 1.29 is 23.4 Å². The van der Waals surface area contributed by atoms with Crippen LogP contribution in [-0.2, 0) is 9.59 Å². The number of rotatable bonds is 7. The third-order valence-electron chi connectivity index (χ3n) is 9.03. The number of thioether (sulfide) groups is 1. The SMILES string of the molecule is CC(C)(C)CCN1C(=O)[C@H](CC(=O)N2CCC(n3c(=O)[nH]c4ncccc43)CC2)SC1c1cccc(F)c1N1CCC(O)C1.[HH].[HH].[HH]. The maximum atomic E-state index is 15.4. The molecule has 3 saturated heterocycles. The number of anilines is 1. The fourth-order valence-electron chi connectivity index (χ4n) is 6.64. The van der Waals surface area contributed by atoms with Gasteiger partial charge in [0.2, 0.25) is 11.8 Å². The van der Waals surface area contributed by atoms with E-state index >= 15 is 4.39 Å². The molecule has 242 valence electrons. The third kappa shape index (κ3) is 6.10. The van der Waals surface area contributed by atoms with Gasteiger partial charge in [-0.1, -0.05) is 32.9 Å². The van der Waals surface area contributed by atoms with E-state index in [2.05, 4.69) is 30.7 Å². The molecule has 0 radical (unpaired) electrons. The second-order valence-electron chi connectivity index (χ2n) is 13.4. The second kappa shape index (κ2) is 12.2. The van der Waals surface area contributed by atoms with E-state index in [9.17, 15) is 19.5 Å². The van der Waals surface area contributed by atoms with E-state index in [4.69, 9.17) is 0 Å².